The molecule has 3 heteroatoms. The van der Waals surface area contributed by atoms with Crippen molar-refractivity contribution in [3.05, 3.63) is 34.9 Å². The van der Waals surface area contributed by atoms with Gasteiger partial charge in [0.1, 0.15) is 0 Å². The van der Waals surface area contributed by atoms with E-state index in [0.717, 1.165) is 10.6 Å². The van der Waals surface area contributed by atoms with Gasteiger partial charge in [0, 0.05) is 5.02 Å². The summed E-state index contributed by atoms with van der Waals surface area (Å²) in [5, 5.41) is 0.718. The van der Waals surface area contributed by atoms with Crippen molar-refractivity contribution in [2.24, 2.45) is 5.92 Å². The van der Waals surface area contributed by atoms with Crippen LogP contribution in [0.5, 0.6) is 0 Å². The Kier molecular flexibility index (Phi) is 5.49. The van der Waals surface area contributed by atoms with Crippen molar-refractivity contribution in [2.75, 3.05) is 6.61 Å². The van der Waals surface area contributed by atoms with Gasteiger partial charge in [-0.15, -0.1) is 0 Å². The van der Waals surface area contributed by atoms with Crippen LogP contribution in [0.3, 0.4) is 0 Å². The predicted molar refractivity (Wildman–Crippen MR) is 70.3 cm³/mol. The number of halogens is 1. The average Bonchev–Trinajstić information content (AvgIpc) is 2.27. The summed E-state index contributed by atoms with van der Waals surface area (Å²) in [5.41, 5.74) is 1.03. The molecular weight excluding hydrogens is 236 g/mol. The van der Waals surface area contributed by atoms with Crippen molar-refractivity contribution in [1.29, 1.82) is 0 Å². The molecule has 0 radical (unpaired) electrons. The van der Waals surface area contributed by atoms with E-state index in [-0.39, 0.29) is 11.9 Å². The van der Waals surface area contributed by atoms with Gasteiger partial charge in [0.2, 0.25) is 0 Å². The van der Waals surface area contributed by atoms with Gasteiger partial charge in [0.15, 0.2) is 0 Å². The van der Waals surface area contributed by atoms with Crippen molar-refractivity contribution < 1.29 is 9.53 Å². The molecular formula is C14H19ClO2. The molecule has 0 aromatic heterocycles. The van der Waals surface area contributed by atoms with Crippen LogP contribution in [0.2, 0.25) is 5.02 Å². The van der Waals surface area contributed by atoms with Crippen LogP contribution in [-0.2, 0) is 9.53 Å². The molecule has 0 bridgehead atoms. The lowest BCUT2D eigenvalue weighted by molar-refractivity contribution is -0.143. The van der Waals surface area contributed by atoms with E-state index in [9.17, 15) is 4.79 Å². The van der Waals surface area contributed by atoms with Crippen molar-refractivity contribution in [3.8, 4) is 0 Å². The highest BCUT2D eigenvalue weighted by atomic mass is 35.5. The first kappa shape index (κ1) is 14.0. The Morgan fingerprint density at radius 1 is 1.35 bits per heavy atom. The van der Waals surface area contributed by atoms with E-state index < -0.39 is 0 Å². The average molecular weight is 255 g/mol. The van der Waals surface area contributed by atoms with E-state index in [4.69, 9.17) is 16.3 Å². The summed E-state index contributed by atoms with van der Waals surface area (Å²) >= 11 is 6.17. The van der Waals surface area contributed by atoms with Crippen LogP contribution in [0.15, 0.2) is 24.3 Å². The van der Waals surface area contributed by atoms with Crippen LogP contribution in [0.4, 0.5) is 0 Å². The molecule has 2 nitrogen and oxygen atoms in total. The monoisotopic (exact) mass is 254 g/mol. The molecule has 0 aliphatic rings. The lowest BCUT2D eigenvalue weighted by Crippen LogP contribution is -2.15. The molecule has 0 saturated carbocycles. The maximum Gasteiger partial charge on any atom is 0.306 e. The van der Waals surface area contributed by atoms with Crippen molar-refractivity contribution >= 4 is 17.6 Å². The lowest BCUT2D eigenvalue weighted by Gasteiger charge is -2.21. The number of rotatable bonds is 5. The summed E-state index contributed by atoms with van der Waals surface area (Å²) in [6, 6.07) is 7.68. The molecule has 0 N–H and O–H groups in total. The highest BCUT2D eigenvalue weighted by molar-refractivity contribution is 6.31. The molecule has 0 heterocycles. The van der Waals surface area contributed by atoms with E-state index in [1.54, 1.807) is 0 Å². The largest absolute Gasteiger partial charge is 0.466 e. The van der Waals surface area contributed by atoms with Gasteiger partial charge < -0.3 is 4.74 Å². The summed E-state index contributed by atoms with van der Waals surface area (Å²) < 4.78 is 5.00. The SMILES string of the molecule is CCOC(=O)C[C@H](c1ccccc1Cl)C(C)C. The molecule has 1 rings (SSSR count). The number of ether oxygens (including phenoxy) is 1. The first-order chi connectivity index (χ1) is 8.06. The number of hydrogen-bond acceptors (Lipinski definition) is 2. The Morgan fingerprint density at radius 2 is 2.00 bits per heavy atom. The van der Waals surface area contributed by atoms with Gasteiger partial charge in [-0.2, -0.15) is 0 Å². The molecule has 0 spiro atoms. The standard InChI is InChI=1S/C14H19ClO2/c1-4-17-14(16)9-12(10(2)3)11-7-5-6-8-13(11)15/h5-8,10,12H,4,9H2,1-3H3/t12-/m0/s1. The van der Waals surface area contributed by atoms with E-state index in [0.29, 0.717) is 18.9 Å². The maximum absolute atomic E-state index is 11.6. The fraction of sp³-hybridized carbons (Fsp3) is 0.500. The second kappa shape index (κ2) is 6.65. The molecule has 1 aromatic rings. The fourth-order valence-electron chi connectivity index (χ4n) is 1.88. The van der Waals surface area contributed by atoms with Gasteiger partial charge in [-0.3, -0.25) is 4.79 Å². The summed E-state index contributed by atoms with van der Waals surface area (Å²) in [4.78, 5) is 11.6. The summed E-state index contributed by atoms with van der Waals surface area (Å²) in [7, 11) is 0. The zero-order chi connectivity index (χ0) is 12.8. The smallest absolute Gasteiger partial charge is 0.306 e. The van der Waals surface area contributed by atoms with Crippen molar-refractivity contribution in [3.63, 3.8) is 0 Å². The van der Waals surface area contributed by atoms with Crippen LogP contribution >= 0.6 is 11.6 Å². The topological polar surface area (TPSA) is 26.3 Å². The number of benzene rings is 1. The highest BCUT2D eigenvalue weighted by Gasteiger charge is 2.22. The van der Waals surface area contributed by atoms with E-state index in [2.05, 4.69) is 13.8 Å². The van der Waals surface area contributed by atoms with Gasteiger partial charge in [-0.05, 0) is 30.4 Å². The summed E-state index contributed by atoms with van der Waals surface area (Å²) in [6.07, 6.45) is 0.384. The number of hydrogen-bond donors (Lipinski definition) is 0. The normalized spacial score (nSPS) is 12.5. The minimum atomic E-state index is -0.161. The quantitative estimate of drug-likeness (QED) is 0.742. The fourth-order valence-corrected chi connectivity index (χ4v) is 2.16. The van der Waals surface area contributed by atoms with Crippen LogP contribution in [0.1, 0.15) is 38.7 Å². The van der Waals surface area contributed by atoms with Crippen molar-refractivity contribution in [1.82, 2.24) is 0 Å². The zero-order valence-corrected chi connectivity index (χ0v) is 11.3. The predicted octanol–water partition coefficient (Wildman–Crippen LogP) is 4.03. The molecule has 0 fully saturated rings. The van der Waals surface area contributed by atoms with Crippen LogP contribution in [0.25, 0.3) is 0 Å². The van der Waals surface area contributed by atoms with Crippen LogP contribution < -0.4 is 0 Å². The lowest BCUT2D eigenvalue weighted by atomic mass is 9.86. The Balaban J connectivity index is 2.87. The molecule has 0 unspecified atom stereocenters. The molecule has 94 valence electrons. The number of carbonyl (C=O) groups excluding carboxylic acids is 1. The van der Waals surface area contributed by atoms with Gasteiger partial charge in [-0.25, -0.2) is 0 Å². The molecule has 0 saturated heterocycles. The minimum Gasteiger partial charge on any atom is -0.466 e. The Labute approximate surface area is 108 Å². The maximum atomic E-state index is 11.6. The minimum absolute atomic E-state index is 0.114. The second-order valence-electron chi connectivity index (χ2n) is 4.38. The van der Waals surface area contributed by atoms with E-state index >= 15 is 0 Å². The Morgan fingerprint density at radius 3 is 2.53 bits per heavy atom. The summed E-state index contributed by atoms with van der Waals surface area (Å²) in [5.74, 6) is 0.299. The third-order valence-electron chi connectivity index (χ3n) is 2.80. The number of esters is 1. The molecule has 0 aliphatic heterocycles. The Bertz CT molecular complexity index is 374. The second-order valence-corrected chi connectivity index (χ2v) is 4.79. The molecule has 1 atom stereocenters. The third kappa shape index (κ3) is 4.04. The molecule has 1 aromatic carbocycles. The highest BCUT2D eigenvalue weighted by Crippen LogP contribution is 2.33. The van der Waals surface area contributed by atoms with Crippen LogP contribution in [-0.4, -0.2) is 12.6 Å². The molecule has 0 aliphatic carbocycles. The van der Waals surface area contributed by atoms with E-state index in [1.807, 2.05) is 31.2 Å². The van der Waals surface area contributed by atoms with Gasteiger partial charge in [0.05, 0.1) is 13.0 Å². The van der Waals surface area contributed by atoms with E-state index in [1.165, 1.54) is 0 Å². The third-order valence-corrected chi connectivity index (χ3v) is 3.15. The zero-order valence-electron chi connectivity index (χ0n) is 10.6. The first-order valence-corrected chi connectivity index (χ1v) is 6.34. The van der Waals surface area contributed by atoms with Gasteiger partial charge in [-0.1, -0.05) is 43.6 Å². The van der Waals surface area contributed by atoms with Crippen molar-refractivity contribution in [2.45, 2.75) is 33.1 Å². The Hall–Kier alpha value is -1.02. The van der Waals surface area contributed by atoms with Crippen LogP contribution in [0, 0.1) is 5.92 Å². The molecule has 0 amide bonds. The van der Waals surface area contributed by atoms with Gasteiger partial charge >= 0.3 is 5.97 Å². The van der Waals surface area contributed by atoms with Gasteiger partial charge in [0.25, 0.3) is 0 Å². The number of carbonyl (C=O) groups is 1. The molecule has 17 heavy (non-hydrogen) atoms. The first-order valence-electron chi connectivity index (χ1n) is 5.96. The summed E-state index contributed by atoms with van der Waals surface area (Å²) in [6.45, 7) is 6.42.